The summed E-state index contributed by atoms with van der Waals surface area (Å²) in [6, 6.07) is 3.13. The highest BCUT2D eigenvalue weighted by molar-refractivity contribution is 5.88. The van der Waals surface area contributed by atoms with E-state index in [1.54, 1.807) is 12.3 Å². The predicted molar refractivity (Wildman–Crippen MR) is 44.0 cm³/mol. The van der Waals surface area contributed by atoms with Crippen LogP contribution in [-0.2, 0) is 6.42 Å². The second-order valence-corrected chi connectivity index (χ2v) is 2.34. The van der Waals surface area contributed by atoms with Crippen molar-refractivity contribution in [2.75, 3.05) is 6.54 Å². The minimum Gasteiger partial charge on any atom is -0.478 e. The van der Waals surface area contributed by atoms with Gasteiger partial charge < -0.3 is 10.8 Å². The number of aromatic carboxylic acids is 1. The Bertz CT molecular complexity index is 286. The molecule has 0 spiro atoms. The Labute approximate surface area is 70.0 Å². The lowest BCUT2D eigenvalue weighted by Crippen LogP contribution is -2.10. The molecular weight excluding hydrogens is 156 g/mol. The fourth-order valence-electron chi connectivity index (χ4n) is 0.969. The zero-order valence-corrected chi connectivity index (χ0v) is 6.53. The molecule has 1 rings (SSSR count). The molecule has 0 amide bonds. The van der Waals surface area contributed by atoms with Crippen molar-refractivity contribution in [2.24, 2.45) is 5.73 Å². The first-order valence-electron chi connectivity index (χ1n) is 3.63. The van der Waals surface area contributed by atoms with E-state index in [0.717, 1.165) is 0 Å². The Hall–Kier alpha value is -1.42. The molecule has 0 saturated heterocycles. The number of aromatic nitrogens is 1. The van der Waals surface area contributed by atoms with Crippen LogP contribution in [0.1, 0.15) is 16.1 Å². The maximum atomic E-state index is 10.6. The summed E-state index contributed by atoms with van der Waals surface area (Å²) >= 11 is 0. The molecule has 0 saturated carbocycles. The first-order chi connectivity index (χ1) is 5.75. The second-order valence-electron chi connectivity index (χ2n) is 2.34. The van der Waals surface area contributed by atoms with Crippen molar-refractivity contribution in [1.29, 1.82) is 0 Å². The first-order valence-corrected chi connectivity index (χ1v) is 3.63. The molecule has 0 aliphatic carbocycles. The van der Waals surface area contributed by atoms with Crippen molar-refractivity contribution in [3.8, 4) is 0 Å². The molecule has 0 aliphatic heterocycles. The normalized spacial score (nSPS) is 9.75. The Morgan fingerprint density at radius 2 is 2.42 bits per heavy atom. The number of nitrogens with zero attached hydrogens (tertiary/aromatic N) is 1. The predicted octanol–water partition coefficient (Wildman–Crippen LogP) is 0.281. The van der Waals surface area contributed by atoms with Crippen LogP contribution >= 0.6 is 0 Å². The molecule has 12 heavy (non-hydrogen) atoms. The SMILES string of the molecule is NCCc1ncccc1C(=O)O. The van der Waals surface area contributed by atoms with Crippen molar-refractivity contribution < 1.29 is 9.90 Å². The monoisotopic (exact) mass is 166 g/mol. The molecule has 4 nitrogen and oxygen atoms in total. The molecule has 1 aromatic rings. The number of carboxylic acids is 1. The van der Waals surface area contributed by atoms with Gasteiger partial charge in [-0.25, -0.2) is 4.79 Å². The van der Waals surface area contributed by atoms with Gasteiger partial charge in [-0.3, -0.25) is 4.98 Å². The highest BCUT2D eigenvalue weighted by Crippen LogP contribution is 2.04. The highest BCUT2D eigenvalue weighted by atomic mass is 16.4. The van der Waals surface area contributed by atoms with E-state index < -0.39 is 5.97 Å². The molecule has 0 unspecified atom stereocenters. The standard InChI is InChI=1S/C8H10N2O2/c9-4-3-7-6(8(11)12)2-1-5-10-7/h1-2,5H,3-4,9H2,(H,11,12). The Morgan fingerprint density at radius 3 is 3.00 bits per heavy atom. The van der Waals surface area contributed by atoms with Crippen molar-refractivity contribution in [1.82, 2.24) is 4.98 Å². The van der Waals surface area contributed by atoms with E-state index in [-0.39, 0.29) is 5.56 Å². The summed E-state index contributed by atoms with van der Waals surface area (Å²) in [5.74, 6) is -0.952. The molecule has 3 N–H and O–H groups in total. The van der Waals surface area contributed by atoms with Crippen molar-refractivity contribution >= 4 is 5.97 Å². The van der Waals surface area contributed by atoms with Crippen LogP contribution in [0.5, 0.6) is 0 Å². The number of rotatable bonds is 3. The van der Waals surface area contributed by atoms with Crippen LogP contribution in [0.25, 0.3) is 0 Å². The number of nitrogens with two attached hydrogens (primary N) is 1. The third-order valence-electron chi connectivity index (χ3n) is 1.50. The highest BCUT2D eigenvalue weighted by Gasteiger charge is 2.08. The average molecular weight is 166 g/mol. The molecule has 64 valence electrons. The molecule has 1 heterocycles. The zero-order chi connectivity index (χ0) is 8.97. The summed E-state index contributed by atoms with van der Waals surface area (Å²) in [6.07, 6.45) is 2.07. The number of hydrogen-bond donors (Lipinski definition) is 2. The first kappa shape index (κ1) is 8.67. The van der Waals surface area contributed by atoms with Crippen LogP contribution in [0.2, 0.25) is 0 Å². The maximum Gasteiger partial charge on any atom is 0.337 e. The van der Waals surface area contributed by atoms with Gasteiger partial charge in [-0.15, -0.1) is 0 Å². The quantitative estimate of drug-likeness (QED) is 0.676. The number of carboxylic acid groups (broad SMARTS) is 1. The number of carbonyl (C=O) groups is 1. The number of hydrogen-bond acceptors (Lipinski definition) is 3. The van der Waals surface area contributed by atoms with E-state index in [2.05, 4.69) is 4.98 Å². The van der Waals surface area contributed by atoms with Crippen LogP contribution in [0.3, 0.4) is 0 Å². The van der Waals surface area contributed by atoms with Gasteiger partial charge in [-0.05, 0) is 18.7 Å². The van der Waals surface area contributed by atoms with Gasteiger partial charge in [-0.2, -0.15) is 0 Å². The largest absolute Gasteiger partial charge is 0.478 e. The molecular formula is C8H10N2O2. The Kier molecular flexibility index (Phi) is 2.76. The molecule has 0 aliphatic rings. The van der Waals surface area contributed by atoms with Crippen molar-refractivity contribution in [3.05, 3.63) is 29.6 Å². The summed E-state index contributed by atoms with van der Waals surface area (Å²) in [6.45, 7) is 0.414. The molecule has 0 fully saturated rings. The number of pyridine rings is 1. The van der Waals surface area contributed by atoms with Gasteiger partial charge >= 0.3 is 5.97 Å². The molecule has 1 aromatic heterocycles. The van der Waals surface area contributed by atoms with E-state index in [9.17, 15) is 4.79 Å². The van der Waals surface area contributed by atoms with E-state index in [1.807, 2.05) is 0 Å². The van der Waals surface area contributed by atoms with Gasteiger partial charge in [0.25, 0.3) is 0 Å². The maximum absolute atomic E-state index is 10.6. The van der Waals surface area contributed by atoms with E-state index in [4.69, 9.17) is 10.8 Å². The van der Waals surface area contributed by atoms with E-state index in [0.29, 0.717) is 18.7 Å². The summed E-state index contributed by atoms with van der Waals surface area (Å²) in [7, 11) is 0. The topological polar surface area (TPSA) is 76.2 Å². The van der Waals surface area contributed by atoms with Crippen LogP contribution in [0.4, 0.5) is 0 Å². The molecule has 4 heteroatoms. The molecule has 0 aromatic carbocycles. The fourth-order valence-corrected chi connectivity index (χ4v) is 0.969. The zero-order valence-electron chi connectivity index (χ0n) is 6.53. The summed E-state index contributed by atoms with van der Waals surface area (Å²) in [5.41, 5.74) is 6.08. The van der Waals surface area contributed by atoms with Crippen LogP contribution in [0.15, 0.2) is 18.3 Å². The fraction of sp³-hybridized carbons (Fsp3) is 0.250. The lowest BCUT2D eigenvalue weighted by Gasteiger charge is -2.01. The van der Waals surface area contributed by atoms with Gasteiger partial charge in [0.15, 0.2) is 0 Å². The third-order valence-corrected chi connectivity index (χ3v) is 1.50. The third kappa shape index (κ3) is 1.79. The minimum absolute atomic E-state index is 0.239. The summed E-state index contributed by atoms with van der Waals surface area (Å²) in [4.78, 5) is 14.5. The van der Waals surface area contributed by atoms with Crippen LogP contribution < -0.4 is 5.73 Å². The summed E-state index contributed by atoms with van der Waals surface area (Å²) < 4.78 is 0. The smallest absolute Gasteiger partial charge is 0.337 e. The van der Waals surface area contributed by atoms with Gasteiger partial charge in [0.1, 0.15) is 0 Å². The Morgan fingerprint density at radius 1 is 1.67 bits per heavy atom. The summed E-state index contributed by atoms with van der Waals surface area (Å²) in [5, 5.41) is 8.71. The minimum atomic E-state index is -0.952. The van der Waals surface area contributed by atoms with Crippen molar-refractivity contribution in [2.45, 2.75) is 6.42 Å². The van der Waals surface area contributed by atoms with Gasteiger partial charge in [0, 0.05) is 12.6 Å². The molecule has 0 radical (unpaired) electrons. The average Bonchev–Trinajstić information content (AvgIpc) is 2.05. The van der Waals surface area contributed by atoms with Crippen LogP contribution in [0, 0.1) is 0 Å². The van der Waals surface area contributed by atoms with Crippen LogP contribution in [-0.4, -0.2) is 22.6 Å². The van der Waals surface area contributed by atoms with Gasteiger partial charge in [0.2, 0.25) is 0 Å². The van der Waals surface area contributed by atoms with E-state index >= 15 is 0 Å². The lowest BCUT2D eigenvalue weighted by atomic mass is 10.1. The van der Waals surface area contributed by atoms with Crippen molar-refractivity contribution in [3.63, 3.8) is 0 Å². The lowest BCUT2D eigenvalue weighted by molar-refractivity contribution is 0.0695. The van der Waals surface area contributed by atoms with Gasteiger partial charge in [-0.1, -0.05) is 0 Å². The van der Waals surface area contributed by atoms with Gasteiger partial charge in [0.05, 0.1) is 11.3 Å². The Balaban J connectivity index is 3.00. The molecule has 0 atom stereocenters. The molecule has 0 bridgehead atoms. The second kappa shape index (κ2) is 3.82. The van der Waals surface area contributed by atoms with E-state index in [1.165, 1.54) is 6.07 Å².